The number of fused-ring (bicyclic) bond motifs is 1. The van der Waals surface area contributed by atoms with Crippen molar-refractivity contribution in [1.82, 2.24) is 9.97 Å². The number of rotatable bonds is 3. The van der Waals surface area contributed by atoms with E-state index in [1.165, 1.54) is 0 Å². The summed E-state index contributed by atoms with van der Waals surface area (Å²) in [5.74, 6) is 0.942. The Morgan fingerprint density at radius 1 is 1.16 bits per heavy atom. The van der Waals surface area contributed by atoms with E-state index in [9.17, 15) is 0 Å². The lowest BCUT2D eigenvalue weighted by atomic mass is 10.3. The van der Waals surface area contributed by atoms with Gasteiger partial charge in [0.25, 0.3) is 0 Å². The molecule has 0 amide bonds. The average molecular weight is 249 g/mol. The summed E-state index contributed by atoms with van der Waals surface area (Å²) in [4.78, 5) is 7.76. The molecule has 92 valence electrons. The van der Waals surface area contributed by atoms with Crippen LogP contribution in [0.5, 0.6) is 0 Å². The fourth-order valence-electron chi connectivity index (χ4n) is 2.23. The number of nitriles is 1. The lowest BCUT2D eigenvalue weighted by molar-refractivity contribution is -0.659. The Hall–Kier alpha value is -2.67. The van der Waals surface area contributed by atoms with Crippen molar-refractivity contribution in [2.45, 2.75) is 13.0 Å². The number of H-pyrrole nitrogens is 1. The molecule has 1 N–H and O–H groups in total. The molecule has 0 atom stereocenters. The largest absolute Gasteiger partial charge is 0.306 e. The van der Waals surface area contributed by atoms with E-state index >= 15 is 0 Å². The number of hydrogen-bond acceptors (Lipinski definition) is 2. The molecule has 0 saturated heterocycles. The molecule has 2 aromatic heterocycles. The predicted molar refractivity (Wildman–Crippen MR) is 72.0 cm³/mol. The van der Waals surface area contributed by atoms with Crippen molar-refractivity contribution in [1.29, 1.82) is 5.26 Å². The number of hydrogen-bond donors (Lipinski definition) is 1. The number of para-hydroxylation sites is 2. The number of benzene rings is 1. The lowest BCUT2D eigenvalue weighted by Crippen LogP contribution is -2.35. The van der Waals surface area contributed by atoms with Crippen LogP contribution >= 0.6 is 0 Å². The van der Waals surface area contributed by atoms with Gasteiger partial charge in [0.05, 0.1) is 12.5 Å². The van der Waals surface area contributed by atoms with Crippen molar-refractivity contribution in [2.24, 2.45) is 0 Å². The van der Waals surface area contributed by atoms with E-state index in [2.05, 4.69) is 26.7 Å². The van der Waals surface area contributed by atoms with Gasteiger partial charge in [-0.15, -0.1) is 0 Å². The van der Waals surface area contributed by atoms with Gasteiger partial charge >= 0.3 is 5.82 Å². The molecule has 0 bridgehead atoms. The molecule has 3 rings (SSSR count). The summed E-state index contributed by atoms with van der Waals surface area (Å²) in [5, 5.41) is 8.81. The first-order valence-corrected chi connectivity index (χ1v) is 6.19. The highest BCUT2D eigenvalue weighted by Crippen LogP contribution is 2.16. The van der Waals surface area contributed by atoms with E-state index < -0.39 is 0 Å². The maximum absolute atomic E-state index is 8.81. The van der Waals surface area contributed by atoms with Crippen LogP contribution in [-0.4, -0.2) is 9.97 Å². The van der Waals surface area contributed by atoms with Crippen LogP contribution in [0.4, 0.5) is 0 Å². The summed E-state index contributed by atoms with van der Waals surface area (Å²) in [6, 6.07) is 16.1. The smallest absolute Gasteiger partial charge is 0.248 e. The number of aromatic amines is 1. The SMILES string of the molecule is N#CCC[n+]1c(-c2ccccn2)[nH]c2ccccc21. The first-order chi connectivity index (χ1) is 9.40. The van der Waals surface area contributed by atoms with Gasteiger partial charge in [0, 0.05) is 6.20 Å². The maximum Gasteiger partial charge on any atom is 0.306 e. The molecule has 0 unspecified atom stereocenters. The van der Waals surface area contributed by atoms with Gasteiger partial charge in [-0.3, -0.25) is 0 Å². The third kappa shape index (κ3) is 2.06. The monoisotopic (exact) mass is 249 g/mol. The van der Waals surface area contributed by atoms with E-state index in [1.54, 1.807) is 6.20 Å². The third-order valence-electron chi connectivity index (χ3n) is 3.07. The number of imidazole rings is 1. The number of aromatic nitrogens is 3. The molecular formula is C15H13N4+. The number of nitrogens with zero attached hydrogens (tertiary/aromatic N) is 3. The molecule has 3 aromatic rings. The molecule has 0 spiro atoms. The van der Waals surface area contributed by atoms with Gasteiger partial charge in [-0.05, 0) is 24.3 Å². The Balaban J connectivity index is 2.20. The number of pyridine rings is 1. The lowest BCUT2D eigenvalue weighted by Gasteiger charge is -1.98. The van der Waals surface area contributed by atoms with E-state index in [-0.39, 0.29) is 0 Å². The van der Waals surface area contributed by atoms with Gasteiger partial charge in [0.1, 0.15) is 6.54 Å². The van der Waals surface area contributed by atoms with Gasteiger partial charge in [-0.1, -0.05) is 18.2 Å². The van der Waals surface area contributed by atoms with Crippen LogP contribution in [0.1, 0.15) is 6.42 Å². The Bertz CT molecular complexity index is 738. The Morgan fingerprint density at radius 2 is 2.00 bits per heavy atom. The highest BCUT2D eigenvalue weighted by molar-refractivity contribution is 5.73. The summed E-state index contributed by atoms with van der Waals surface area (Å²) in [6.45, 7) is 0.659. The minimum atomic E-state index is 0.479. The summed E-state index contributed by atoms with van der Waals surface area (Å²) < 4.78 is 2.11. The van der Waals surface area contributed by atoms with Crippen molar-refractivity contribution >= 4 is 11.0 Å². The van der Waals surface area contributed by atoms with Crippen LogP contribution < -0.4 is 4.57 Å². The molecule has 0 saturated carbocycles. The van der Waals surface area contributed by atoms with Gasteiger partial charge < -0.3 is 0 Å². The molecular weight excluding hydrogens is 236 g/mol. The molecule has 0 aliphatic heterocycles. The van der Waals surface area contributed by atoms with Gasteiger partial charge in [0.15, 0.2) is 16.7 Å². The van der Waals surface area contributed by atoms with Crippen molar-refractivity contribution in [2.75, 3.05) is 0 Å². The molecule has 2 heterocycles. The Labute approximate surface area is 111 Å². The minimum absolute atomic E-state index is 0.479. The van der Waals surface area contributed by atoms with E-state index in [4.69, 9.17) is 5.26 Å². The second-order valence-electron chi connectivity index (χ2n) is 4.27. The summed E-state index contributed by atoms with van der Waals surface area (Å²) in [7, 11) is 0. The fraction of sp³-hybridized carbons (Fsp3) is 0.133. The van der Waals surface area contributed by atoms with Gasteiger partial charge in [0.2, 0.25) is 0 Å². The summed E-state index contributed by atoms with van der Waals surface area (Å²) >= 11 is 0. The van der Waals surface area contributed by atoms with Crippen molar-refractivity contribution in [3.63, 3.8) is 0 Å². The van der Waals surface area contributed by atoms with Crippen LogP contribution in [0, 0.1) is 11.3 Å². The van der Waals surface area contributed by atoms with Gasteiger partial charge in [-0.25, -0.2) is 14.5 Å². The van der Waals surface area contributed by atoms with Crippen LogP contribution in [0.25, 0.3) is 22.6 Å². The zero-order chi connectivity index (χ0) is 13.1. The molecule has 0 radical (unpaired) electrons. The third-order valence-corrected chi connectivity index (χ3v) is 3.07. The van der Waals surface area contributed by atoms with Crippen molar-refractivity contribution < 1.29 is 4.57 Å². The van der Waals surface area contributed by atoms with Crippen molar-refractivity contribution in [3.05, 3.63) is 48.7 Å². The molecule has 1 aromatic carbocycles. The minimum Gasteiger partial charge on any atom is -0.248 e. The molecule has 19 heavy (non-hydrogen) atoms. The fourth-order valence-corrected chi connectivity index (χ4v) is 2.23. The van der Waals surface area contributed by atoms with Crippen molar-refractivity contribution in [3.8, 4) is 17.6 Å². The van der Waals surface area contributed by atoms with Gasteiger partial charge in [-0.2, -0.15) is 5.26 Å². The molecule has 4 heteroatoms. The normalized spacial score (nSPS) is 10.5. The summed E-state index contributed by atoms with van der Waals surface area (Å²) in [5.41, 5.74) is 3.04. The average Bonchev–Trinajstić information content (AvgIpc) is 2.85. The second-order valence-corrected chi connectivity index (χ2v) is 4.27. The number of nitrogens with one attached hydrogen (secondary N) is 1. The van der Waals surface area contributed by atoms with Crippen LogP contribution in [0.3, 0.4) is 0 Å². The quantitative estimate of drug-likeness (QED) is 0.725. The first-order valence-electron chi connectivity index (χ1n) is 6.19. The van der Waals surface area contributed by atoms with E-state index in [0.29, 0.717) is 13.0 Å². The zero-order valence-electron chi connectivity index (χ0n) is 10.4. The Kier molecular flexibility index (Phi) is 2.95. The Morgan fingerprint density at radius 3 is 2.79 bits per heavy atom. The predicted octanol–water partition coefficient (Wildman–Crippen LogP) is 2.43. The topological polar surface area (TPSA) is 56.4 Å². The molecule has 0 aliphatic rings. The molecule has 0 fully saturated rings. The van der Waals surface area contributed by atoms with Crippen LogP contribution in [0.2, 0.25) is 0 Å². The van der Waals surface area contributed by atoms with E-state index in [1.807, 2.05) is 36.4 Å². The highest BCUT2D eigenvalue weighted by atomic mass is 15.1. The van der Waals surface area contributed by atoms with Crippen LogP contribution in [0.15, 0.2) is 48.7 Å². The van der Waals surface area contributed by atoms with E-state index in [0.717, 1.165) is 22.6 Å². The highest BCUT2D eigenvalue weighted by Gasteiger charge is 2.20. The molecule has 4 nitrogen and oxygen atoms in total. The summed E-state index contributed by atoms with van der Waals surface area (Å²) in [6.07, 6.45) is 2.25. The maximum atomic E-state index is 8.81. The standard InChI is InChI=1S/C15H12N4/c16-9-5-11-19-14-8-2-1-6-12(14)18-15(19)13-7-3-4-10-17-13/h1-4,6-8,10H,5,11H2/p+1. The van der Waals surface area contributed by atoms with Crippen LogP contribution in [-0.2, 0) is 6.54 Å². The molecule has 0 aliphatic carbocycles. The second kappa shape index (κ2) is 4.91. The zero-order valence-corrected chi connectivity index (χ0v) is 10.4. The first kappa shape index (κ1) is 11.4. The number of aryl methyl sites for hydroxylation is 1.